The molecule has 0 unspecified atom stereocenters. The molecule has 2 aromatic carbocycles. The number of anilines is 1. The minimum absolute atomic E-state index is 0.176. The van der Waals surface area contributed by atoms with Gasteiger partial charge in [0, 0.05) is 23.1 Å². The zero-order chi connectivity index (χ0) is 22.1. The molecule has 0 radical (unpaired) electrons. The molecule has 8 heteroatoms. The van der Waals surface area contributed by atoms with Gasteiger partial charge in [-0.2, -0.15) is 5.10 Å². The topological polar surface area (TPSA) is 86.4 Å². The summed E-state index contributed by atoms with van der Waals surface area (Å²) in [7, 11) is 1.50. The smallest absolute Gasteiger partial charge is 0.337 e. The molecule has 4 aromatic rings. The molecule has 0 aliphatic carbocycles. The maximum atomic E-state index is 14.0. The lowest BCUT2D eigenvalue weighted by molar-refractivity contribution is 0.102. The first-order valence-electron chi connectivity index (χ1n) is 9.58. The maximum Gasteiger partial charge on any atom is 0.337 e. The van der Waals surface area contributed by atoms with E-state index in [1.54, 1.807) is 54.9 Å². The Morgan fingerprint density at radius 2 is 1.97 bits per heavy atom. The van der Waals surface area contributed by atoms with Crippen LogP contribution in [0.15, 0.2) is 57.7 Å². The fourth-order valence-corrected chi connectivity index (χ4v) is 3.46. The van der Waals surface area contributed by atoms with Crippen molar-refractivity contribution in [2.24, 2.45) is 0 Å². The lowest BCUT2D eigenvalue weighted by Crippen LogP contribution is -2.16. The number of hydrogen-bond acceptors (Lipinski definition) is 5. The van der Waals surface area contributed by atoms with Crippen LogP contribution in [-0.2, 0) is 6.54 Å². The number of benzene rings is 2. The van der Waals surface area contributed by atoms with Crippen LogP contribution >= 0.6 is 0 Å². The average Bonchev–Trinajstić information content (AvgIpc) is 3.01. The van der Waals surface area contributed by atoms with E-state index in [1.807, 2.05) is 0 Å². The van der Waals surface area contributed by atoms with Gasteiger partial charge in [-0.15, -0.1) is 0 Å². The number of hydrogen-bond donors (Lipinski definition) is 1. The summed E-state index contributed by atoms with van der Waals surface area (Å²) < 4.78 is 26.0. The van der Waals surface area contributed by atoms with Crippen molar-refractivity contribution in [3.63, 3.8) is 0 Å². The largest absolute Gasteiger partial charge is 0.497 e. The van der Waals surface area contributed by atoms with Gasteiger partial charge < -0.3 is 14.5 Å². The van der Waals surface area contributed by atoms with Gasteiger partial charge in [-0.25, -0.2) is 9.18 Å². The molecule has 31 heavy (non-hydrogen) atoms. The Hall–Kier alpha value is -3.94. The van der Waals surface area contributed by atoms with Crippen LogP contribution in [-0.4, -0.2) is 22.8 Å². The zero-order valence-corrected chi connectivity index (χ0v) is 17.2. The molecular formula is C23H20FN3O4. The van der Waals surface area contributed by atoms with Crippen molar-refractivity contribution in [1.29, 1.82) is 0 Å². The van der Waals surface area contributed by atoms with Gasteiger partial charge in [0.15, 0.2) is 0 Å². The van der Waals surface area contributed by atoms with Crippen molar-refractivity contribution in [2.45, 2.75) is 20.4 Å². The van der Waals surface area contributed by atoms with E-state index >= 15 is 0 Å². The van der Waals surface area contributed by atoms with E-state index in [9.17, 15) is 14.0 Å². The molecule has 158 valence electrons. The second-order valence-electron chi connectivity index (χ2n) is 7.09. The minimum Gasteiger partial charge on any atom is -0.497 e. The highest BCUT2D eigenvalue weighted by atomic mass is 19.1. The van der Waals surface area contributed by atoms with Crippen molar-refractivity contribution < 1.29 is 18.3 Å². The molecule has 1 amide bonds. The quantitative estimate of drug-likeness (QED) is 0.491. The third-order valence-electron chi connectivity index (χ3n) is 5.09. The van der Waals surface area contributed by atoms with Crippen LogP contribution in [0.3, 0.4) is 0 Å². The molecule has 1 N–H and O–H groups in total. The average molecular weight is 421 g/mol. The van der Waals surface area contributed by atoms with Crippen molar-refractivity contribution >= 4 is 22.6 Å². The first-order valence-corrected chi connectivity index (χ1v) is 9.58. The highest BCUT2D eigenvalue weighted by molar-refractivity contribution is 6.12. The van der Waals surface area contributed by atoms with Gasteiger partial charge in [-0.1, -0.05) is 18.2 Å². The molecule has 0 spiro atoms. The van der Waals surface area contributed by atoms with Crippen molar-refractivity contribution in [3.05, 3.63) is 87.3 Å². The predicted molar refractivity (Wildman–Crippen MR) is 114 cm³/mol. The van der Waals surface area contributed by atoms with Gasteiger partial charge in [-0.05, 0) is 32.0 Å². The van der Waals surface area contributed by atoms with Gasteiger partial charge in [0.1, 0.15) is 17.1 Å². The Morgan fingerprint density at radius 1 is 1.19 bits per heavy atom. The van der Waals surface area contributed by atoms with E-state index < -0.39 is 11.5 Å². The Morgan fingerprint density at radius 3 is 2.71 bits per heavy atom. The number of fused-ring (bicyclic) bond motifs is 1. The summed E-state index contributed by atoms with van der Waals surface area (Å²) in [5, 5.41) is 7.75. The lowest BCUT2D eigenvalue weighted by Gasteiger charge is -2.09. The first-order chi connectivity index (χ1) is 14.9. The van der Waals surface area contributed by atoms with E-state index in [4.69, 9.17) is 9.15 Å². The molecule has 7 nitrogen and oxygen atoms in total. The second kappa shape index (κ2) is 8.06. The van der Waals surface area contributed by atoms with E-state index in [1.165, 1.54) is 13.2 Å². The lowest BCUT2D eigenvalue weighted by atomic mass is 10.1. The normalized spacial score (nSPS) is 11.0. The molecular weight excluding hydrogens is 401 g/mol. The molecule has 0 fully saturated rings. The summed E-state index contributed by atoms with van der Waals surface area (Å²) in [4.78, 5) is 25.0. The summed E-state index contributed by atoms with van der Waals surface area (Å²) in [6.45, 7) is 3.77. The molecule has 0 aliphatic rings. The molecule has 0 bridgehead atoms. The summed E-state index contributed by atoms with van der Waals surface area (Å²) in [5.41, 5.74) is 2.03. The number of amides is 1. The number of carbonyl (C=O) groups excluding carboxylic acids is 1. The van der Waals surface area contributed by atoms with E-state index in [0.29, 0.717) is 33.8 Å². The van der Waals surface area contributed by atoms with Crippen LogP contribution in [0, 0.1) is 19.7 Å². The van der Waals surface area contributed by atoms with E-state index in [2.05, 4.69) is 10.4 Å². The molecule has 0 atom stereocenters. The summed E-state index contributed by atoms with van der Waals surface area (Å²) in [6, 6.07) is 12.5. The number of halogens is 1. The van der Waals surface area contributed by atoms with Crippen LogP contribution < -0.4 is 15.7 Å². The number of nitrogens with one attached hydrogen (secondary N) is 1. The maximum absolute atomic E-state index is 14.0. The Labute approximate surface area is 177 Å². The van der Waals surface area contributed by atoms with Crippen LogP contribution in [0.5, 0.6) is 5.75 Å². The standard InChI is InChI=1S/C23H20FN3O4/c1-13-22(14(2)27(26-13)12-15-6-4-5-7-19(15)24)25-23(29)18-11-21(28)31-20-10-16(30-3)8-9-17(18)20/h4-11H,12H2,1-3H3,(H,25,29). The third kappa shape index (κ3) is 3.92. The fourth-order valence-electron chi connectivity index (χ4n) is 3.46. The molecule has 2 aromatic heterocycles. The molecule has 0 saturated carbocycles. The van der Waals surface area contributed by atoms with Crippen molar-refractivity contribution in [3.8, 4) is 5.75 Å². The first kappa shape index (κ1) is 20.3. The van der Waals surface area contributed by atoms with E-state index in [-0.39, 0.29) is 23.5 Å². The van der Waals surface area contributed by atoms with Crippen LogP contribution in [0.25, 0.3) is 11.0 Å². The van der Waals surface area contributed by atoms with Gasteiger partial charge in [-0.3, -0.25) is 9.48 Å². The van der Waals surface area contributed by atoms with Gasteiger partial charge in [0.05, 0.1) is 36.3 Å². The van der Waals surface area contributed by atoms with Crippen LogP contribution in [0.1, 0.15) is 27.3 Å². The number of carbonyl (C=O) groups is 1. The molecule has 2 heterocycles. The minimum atomic E-state index is -0.644. The predicted octanol–water partition coefficient (Wildman–Crippen LogP) is 4.05. The van der Waals surface area contributed by atoms with Gasteiger partial charge >= 0.3 is 5.63 Å². The SMILES string of the molecule is COc1ccc2c(C(=O)Nc3c(C)nn(Cc4ccccc4F)c3C)cc(=O)oc2c1. The molecule has 0 saturated heterocycles. The fraction of sp³-hybridized carbons (Fsp3) is 0.174. The molecule has 4 rings (SSSR count). The molecule has 0 aliphatic heterocycles. The number of methoxy groups -OCH3 is 1. The van der Waals surface area contributed by atoms with Crippen molar-refractivity contribution in [1.82, 2.24) is 9.78 Å². The highest BCUT2D eigenvalue weighted by Crippen LogP contribution is 2.25. The zero-order valence-electron chi connectivity index (χ0n) is 17.2. The van der Waals surface area contributed by atoms with Gasteiger partial charge in [0.25, 0.3) is 5.91 Å². The number of rotatable bonds is 5. The summed E-state index contributed by atoms with van der Waals surface area (Å²) in [6.07, 6.45) is 0. The Bertz CT molecular complexity index is 1360. The monoisotopic (exact) mass is 421 g/mol. The van der Waals surface area contributed by atoms with Crippen molar-refractivity contribution in [2.75, 3.05) is 12.4 Å². The summed E-state index contributed by atoms with van der Waals surface area (Å²) >= 11 is 0. The second-order valence-corrected chi connectivity index (χ2v) is 7.09. The number of aromatic nitrogens is 2. The Balaban J connectivity index is 1.67. The van der Waals surface area contributed by atoms with Crippen LogP contribution in [0.4, 0.5) is 10.1 Å². The third-order valence-corrected chi connectivity index (χ3v) is 5.09. The number of aryl methyl sites for hydroxylation is 1. The van der Waals surface area contributed by atoms with Crippen LogP contribution in [0.2, 0.25) is 0 Å². The van der Waals surface area contributed by atoms with E-state index in [0.717, 1.165) is 6.07 Å². The summed E-state index contributed by atoms with van der Waals surface area (Å²) in [5.74, 6) is -0.285. The van der Waals surface area contributed by atoms with Gasteiger partial charge in [0.2, 0.25) is 0 Å². The highest BCUT2D eigenvalue weighted by Gasteiger charge is 2.19. The number of ether oxygens (including phenoxy) is 1. The number of nitrogens with zero attached hydrogens (tertiary/aromatic N) is 2. The Kier molecular flexibility index (Phi) is 5.29.